The predicted molar refractivity (Wildman–Crippen MR) is 95.1 cm³/mol. The van der Waals surface area contributed by atoms with Crippen LogP contribution in [0.15, 0.2) is 48.5 Å². The first-order chi connectivity index (χ1) is 11.6. The van der Waals surface area contributed by atoms with Gasteiger partial charge in [-0.2, -0.15) is 13.2 Å². The van der Waals surface area contributed by atoms with Crippen LogP contribution in [-0.4, -0.2) is 12.8 Å². The van der Waals surface area contributed by atoms with Crippen LogP contribution in [0.5, 0.6) is 5.75 Å². The number of hydrogen-bond acceptors (Lipinski definition) is 2. The van der Waals surface area contributed by atoms with Crippen LogP contribution in [0.1, 0.15) is 38.3 Å². The average molecular weight is 351 g/mol. The molecule has 0 aliphatic rings. The van der Waals surface area contributed by atoms with Gasteiger partial charge in [-0.1, -0.05) is 45.0 Å². The molecular weight excluding hydrogens is 327 g/mol. The molecule has 0 radical (unpaired) electrons. The monoisotopic (exact) mass is 351 g/mol. The van der Waals surface area contributed by atoms with Crippen LogP contribution < -0.4 is 10.1 Å². The Morgan fingerprint density at radius 1 is 0.960 bits per heavy atom. The SMILES string of the molecule is CC(C)(C)c1ccc(NCc2cccc(OCCC(F)(F)F)c2)cc1. The van der Waals surface area contributed by atoms with Crippen LogP contribution in [0.3, 0.4) is 0 Å². The molecule has 2 rings (SSSR count). The van der Waals surface area contributed by atoms with E-state index in [2.05, 4.69) is 38.2 Å². The third-order valence-electron chi connectivity index (χ3n) is 3.80. The van der Waals surface area contributed by atoms with Gasteiger partial charge in [-0.3, -0.25) is 0 Å². The number of rotatable bonds is 6. The van der Waals surface area contributed by atoms with Gasteiger partial charge in [-0.25, -0.2) is 0 Å². The third-order valence-corrected chi connectivity index (χ3v) is 3.80. The van der Waals surface area contributed by atoms with E-state index in [0.717, 1.165) is 11.3 Å². The van der Waals surface area contributed by atoms with Gasteiger partial charge in [0.2, 0.25) is 0 Å². The Bertz CT molecular complexity index is 673. The molecule has 0 amide bonds. The highest BCUT2D eigenvalue weighted by Gasteiger charge is 2.26. The number of halogens is 3. The van der Waals surface area contributed by atoms with Crippen LogP contribution in [0.4, 0.5) is 18.9 Å². The van der Waals surface area contributed by atoms with Crippen molar-refractivity contribution in [2.75, 3.05) is 11.9 Å². The number of alkyl halides is 3. The van der Waals surface area contributed by atoms with Gasteiger partial charge in [0.1, 0.15) is 5.75 Å². The maximum absolute atomic E-state index is 12.2. The van der Waals surface area contributed by atoms with E-state index in [9.17, 15) is 13.2 Å². The summed E-state index contributed by atoms with van der Waals surface area (Å²) in [6.07, 6.45) is -5.14. The standard InChI is InChI=1S/C20H24F3NO/c1-19(2,3)16-7-9-17(10-8-16)24-14-15-5-4-6-18(13-15)25-12-11-20(21,22)23/h4-10,13,24H,11-12,14H2,1-3H3. The Morgan fingerprint density at radius 3 is 2.24 bits per heavy atom. The third kappa shape index (κ3) is 6.69. The summed E-state index contributed by atoms with van der Waals surface area (Å²) in [7, 11) is 0. The molecule has 0 fully saturated rings. The van der Waals surface area contributed by atoms with Crippen molar-refractivity contribution in [1.82, 2.24) is 0 Å². The highest BCUT2D eigenvalue weighted by molar-refractivity contribution is 5.46. The summed E-state index contributed by atoms with van der Waals surface area (Å²) >= 11 is 0. The van der Waals surface area contributed by atoms with Crippen molar-refractivity contribution in [3.05, 3.63) is 59.7 Å². The zero-order valence-corrected chi connectivity index (χ0v) is 14.8. The summed E-state index contributed by atoms with van der Waals surface area (Å²) in [6.45, 7) is 6.71. The van der Waals surface area contributed by atoms with Crippen LogP contribution >= 0.6 is 0 Å². The Hall–Kier alpha value is -2.17. The zero-order valence-electron chi connectivity index (χ0n) is 14.8. The second-order valence-corrected chi connectivity index (χ2v) is 7.04. The Kier molecular flexibility index (Phi) is 5.98. The number of anilines is 1. The van der Waals surface area contributed by atoms with Gasteiger partial charge in [0.05, 0.1) is 13.0 Å². The lowest BCUT2D eigenvalue weighted by Crippen LogP contribution is -2.13. The first-order valence-electron chi connectivity index (χ1n) is 8.26. The Balaban J connectivity index is 1.89. The van der Waals surface area contributed by atoms with Gasteiger partial charge in [0, 0.05) is 12.2 Å². The number of benzene rings is 2. The molecule has 0 bridgehead atoms. The summed E-state index contributed by atoms with van der Waals surface area (Å²) in [5, 5.41) is 3.31. The van der Waals surface area contributed by atoms with E-state index in [1.807, 2.05) is 18.2 Å². The Labute approximate surface area is 147 Å². The molecular formula is C20H24F3NO. The van der Waals surface area contributed by atoms with E-state index < -0.39 is 12.6 Å². The molecule has 0 saturated carbocycles. The van der Waals surface area contributed by atoms with Crippen molar-refractivity contribution < 1.29 is 17.9 Å². The second-order valence-electron chi connectivity index (χ2n) is 7.04. The molecule has 0 atom stereocenters. The van der Waals surface area contributed by atoms with Crippen molar-refractivity contribution in [3.8, 4) is 5.75 Å². The minimum absolute atomic E-state index is 0.112. The maximum Gasteiger partial charge on any atom is 0.392 e. The van der Waals surface area contributed by atoms with Crippen LogP contribution in [0.25, 0.3) is 0 Å². The Morgan fingerprint density at radius 2 is 1.64 bits per heavy atom. The molecule has 2 aromatic rings. The molecule has 25 heavy (non-hydrogen) atoms. The molecule has 0 aliphatic carbocycles. The molecule has 0 spiro atoms. The minimum Gasteiger partial charge on any atom is -0.493 e. The molecule has 0 aliphatic heterocycles. The lowest BCUT2D eigenvalue weighted by molar-refractivity contribution is -0.139. The van der Waals surface area contributed by atoms with Gasteiger partial charge in [0.15, 0.2) is 0 Å². The van der Waals surface area contributed by atoms with Gasteiger partial charge in [-0.15, -0.1) is 0 Å². The fraction of sp³-hybridized carbons (Fsp3) is 0.400. The van der Waals surface area contributed by atoms with Crippen molar-refractivity contribution in [3.63, 3.8) is 0 Å². The number of ether oxygens (including phenoxy) is 1. The van der Waals surface area contributed by atoms with Gasteiger partial charge < -0.3 is 10.1 Å². The van der Waals surface area contributed by atoms with Crippen molar-refractivity contribution in [2.45, 2.75) is 45.3 Å². The molecule has 0 aromatic heterocycles. The average Bonchev–Trinajstić information content (AvgIpc) is 2.52. The van der Waals surface area contributed by atoms with Crippen molar-refractivity contribution in [2.24, 2.45) is 0 Å². The lowest BCUT2D eigenvalue weighted by Gasteiger charge is -2.19. The van der Waals surface area contributed by atoms with Crippen LogP contribution in [-0.2, 0) is 12.0 Å². The predicted octanol–water partition coefficient (Wildman–Crippen LogP) is 5.93. The fourth-order valence-electron chi connectivity index (χ4n) is 2.32. The molecule has 1 N–H and O–H groups in total. The zero-order chi connectivity index (χ0) is 18.5. The fourth-order valence-corrected chi connectivity index (χ4v) is 2.32. The molecule has 2 nitrogen and oxygen atoms in total. The maximum atomic E-state index is 12.2. The summed E-state index contributed by atoms with van der Waals surface area (Å²) in [5.41, 5.74) is 3.32. The molecule has 0 heterocycles. The summed E-state index contributed by atoms with van der Waals surface area (Å²) < 4.78 is 41.7. The molecule has 0 unspecified atom stereocenters. The smallest absolute Gasteiger partial charge is 0.392 e. The quantitative estimate of drug-likeness (QED) is 0.697. The highest BCUT2D eigenvalue weighted by atomic mass is 19.4. The highest BCUT2D eigenvalue weighted by Crippen LogP contribution is 2.24. The van der Waals surface area contributed by atoms with Crippen LogP contribution in [0.2, 0.25) is 0 Å². The van der Waals surface area contributed by atoms with Gasteiger partial charge in [-0.05, 0) is 40.8 Å². The molecule has 136 valence electrons. The van der Waals surface area contributed by atoms with E-state index in [1.165, 1.54) is 5.56 Å². The molecule has 5 heteroatoms. The van der Waals surface area contributed by atoms with Crippen molar-refractivity contribution >= 4 is 5.69 Å². The summed E-state index contributed by atoms with van der Waals surface area (Å²) in [6, 6.07) is 15.4. The molecule has 0 saturated heterocycles. The largest absolute Gasteiger partial charge is 0.493 e. The first kappa shape index (κ1) is 19.2. The number of hydrogen-bond donors (Lipinski definition) is 1. The van der Waals surface area contributed by atoms with E-state index in [0.29, 0.717) is 12.3 Å². The topological polar surface area (TPSA) is 21.3 Å². The normalized spacial score (nSPS) is 12.1. The summed E-state index contributed by atoms with van der Waals surface area (Å²) in [4.78, 5) is 0. The lowest BCUT2D eigenvalue weighted by atomic mass is 9.87. The van der Waals surface area contributed by atoms with E-state index >= 15 is 0 Å². The van der Waals surface area contributed by atoms with Gasteiger partial charge >= 0.3 is 6.18 Å². The first-order valence-corrected chi connectivity index (χ1v) is 8.26. The van der Waals surface area contributed by atoms with E-state index in [-0.39, 0.29) is 12.0 Å². The summed E-state index contributed by atoms with van der Waals surface area (Å²) in [5.74, 6) is 0.451. The van der Waals surface area contributed by atoms with Crippen LogP contribution in [0, 0.1) is 0 Å². The van der Waals surface area contributed by atoms with E-state index in [1.54, 1.807) is 18.2 Å². The van der Waals surface area contributed by atoms with Crippen molar-refractivity contribution in [1.29, 1.82) is 0 Å². The minimum atomic E-state index is -4.20. The van der Waals surface area contributed by atoms with E-state index in [4.69, 9.17) is 4.74 Å². The van der Waals surface area contributed by atoms with Gasteiger partial charge in [0.25, 0.3) is 0 Å². The molecule has 2 aromatic carbocycles. The second kappa shape index (κ2) is 7.81. The number of nitrogens with one attached hydrogen (secondary N) is 1.